The first-order chi connectivity index (χ1) is 19.7. The second-order valence-electron chi connectivity index (χ2n) is 15.1. The summed E-state index contributed by atoms with van der Waals surface area (Å²) in [7, 11) is -3.62. The van der Waals surface area contributed by atoms with E-state index in [4.69, 9.17) is 0 Å². The van der Waals surface area contributed by atoms with E-state index in [9.17, 15) is 13.2 Å². The van der Waals surface area contributed by atoms with Crippen LogP contribution >= 0.6 is 0 Å². The van der Waals surface area contributed by atoms with Crippen LogP contribution in [-0.4, -0.2) is 27.1 Å². The minimum absolute atomic E-state index is 0.229. The average molecular weight is 573 g/mol. The first-order valence-electron chi connectivity index (χ1n) is 16.2. The highest BCUT2D eigenvalue weighted by molar-refractivity contribution is 7.92. The normalized spacial score (nSPS) is 38.3. The molecule has 8 aliphatic carbocycles. The van der Waals surface area contributed by atoms with Crippen molar-refractivity contribution in [3.63, 3.8) is 0 Å². The van der Waals surface area contributed by atoms with Crippen molar-refractivity contribution in [3.05, 3.63) is 59.7 Å². The van der Waals surface area contributed by atoms with E-state index in [1.54, 1.807) is 0 Å². The van der Waals surface area contributed by atoms with Crippen molar-refractivity contribution in [1.29, 1.82) is 0 Å². The highest BCUT2D eigenvalue weighted by Crippen LogP contribution is 2.61. The van der Waals surface area contributed by atoms with Crippen LogP contribution in [0.1, 0.15) is 87.7 Å². The largest absolute Gasteiger partial charge is 0.325 e. The second kappa shape index (κ2) is 9.59. The van der Waals surface area contributed by atoms with E-state index in [0.29, 0.717) is 11.6 Å². The van der Waals surface area contributed by atoms with Crippen LogP contribution in [0.15, 0.2) is 48.5 Å². The van der Waals surface area contributed by atoms with Gasteiger partial charge in [0.05, 0.1) is 11.9 Å². The molecule has 8 aliphatic rings. The lowest BCUT2D eigenvalue weighted by molar-refractivity contribution is -0.114. The molecule has 218 valence electrons. The molecule has 0 unspecified atom stereocenters. The first-order valence-corrected chi connectivity index (χ1v) is 18.0. The summed E-state index contributed by atoms with van der Waals surface area (Å²) < 4.78 is 26.9. The van der Waals surface area contributed by atoms with Crippen molar-refractivity contribution < 1.29 is 13.2 Å². The number of hydrogen-bond donors (Lipinski definition) is 1. The van der Waals surface area contributed by atoms with Gasteiger partial charge in [0.15, 0.2) is 0 Å². The molecule has 5 nitrogen and oxygen atoms in total. The Kier molecular flexibility index (Phi) is 6.15. The summed E-state index contributed by atoms with van der Waals surface area (Å²) in [6, 6.07) is 16.5. The van der Waals surface area contributed by atoms with Crippen LogP contribution in [0.4, 0.5) is 11.4 Å². The summed E-state index contributed by atoms with van der Waals surface area (Å²) in [5.41, 5.74) is 4.33. The maximum absolute atomic E-state index is 13.1. The summed E-state index contributed by atoms with van der Waals surface area (Å²) in [5, 5.41) is 2.96. The molecule has 8 saturated carbocycles. The number of benzene rings is 2. The van der Waals surface area contributed by atoms with Crippen molar-refractivity contribution in [2.45, 2.75) is 82.0 Å². The van der Waals surface area contributed by atoms with Crippen LogP contribution in [-0.2, 0) is 20.2 Å². The van der Waals surface area contributed by atoms with Gasteiger partial charge in [0.1, 0.15) is 6.54 Å². The van der Waals surface area contributed by atoms with Gasteiger partial charge in [0.2, 0.25) is 15.9 Å². The van der Waals surface area contributed by atoms with Gasteiger partial charge in [-0.25, -0.2) is 8.42 Å². The molecule has 8 fully saturated rings. The molecule has 1 amide bonds. The maximum atomic E-state index is 13.1. The predicted octanol–water partition coefficient (Wildman–Crippen LogP) is 7.10. The summed E-state index contributed by atoms with van der Waals surface area (Å²) in [6.07, 6.45) is 16.2. The lowest BCUT2D eigenvalue weighted by atomic mass is 9.48. The number of carbonyl (C=O) groups is 1. The highest BCUT2D eigenvalue weighted by atomic mass is 32.2. The monoisotopic (exact) mass is 572 g/mol. The number of anilines is 2. The third-order valence-electron chi connectivity index (χ3n) is 12.3. The topological polar surface area (TPSA) is 66.5 Å². The van der Waals surface area contributed by atoms with E-state index < -0.39 is 10.0 Å². The zero-order valence-corrected chi connectivity index (χ0v) is 25.1. The van der Waals surface area contributed by atoms with Crippen molar-refractivity contribution in [1.82, 2.24) is 0 Å². The van der Waals surface area contributed by atoms with E-state index in [2.05, 4.69) is 29.6 Å². The molecule has 0 aromatic heterocycles. The zero-order chi connectivity index (χ0) is 27.9. The number of rotatable bonds is 7. The molecule has 41 heavy (non-hydrogen) atoms. The van der Waals surface area contributed by atoms with Crippen LogP contribution < -0.4 is 9.62 Å². The molecule has 10 rings (SSSR count). The minimum Gasteiger partial charge on any atom is -0.325 e. The number of nitrogens with zero attached hydrogens (tertiary/aromatic N) is 1. The number of carbonyl (C=O) groups excluding carboxylic acids is 1. The molecule has 1 N–H and O–H groups in total. The smallest absolute Gasteiger partial charge is 0.245 e. The molecule has 0 spiro atoms. The lowest BCUT2D eigenvalue weighted by Crippen LogP contribution is -2.48. The number of nitrogens with one attached hydrogen (secondary N) is 1. The van der Waals surface area contributed by atoms with Gasteiger partial charge in [-0.2, -0.15) is 0 Å². The Bertz CT molecular complexity index is 1370. The van der Waals surface area contributed by atoms with Crippen molar-refractivity contribution >= 4 is 27.3 Å². The van der Waals surface area contributed by atoms with E-state index in [-0.39, 0.29) is 17.9 Å². The Morgan fingerprint density at radius 1 is 0.756 bits per heavy atom. The number of amides is 1. The van der Waals surface area contributed by atoms with E-state index in [1.165, 1.54) is 92.3 Å². The Labute approximate surface area is 245 Å². The number of sulfonamides is 1. The molecule has 6 heteroatoms. The van der Waals surface area contributed by atoms with Crippen LogP contribution in [0.3, 0.4) is 0 Å². The van der Waals surface area contributed by atoms with E-state index >= 15 is 0 Å². The van der Waals surface area contributed by atoms with Crippen molar-refractivity contribution in [2.75, 3.05) is 22.4 Å². The molecule has 0 heterocycles. The van der Waals surface area contributed by atoms with Gasteiger partial charge < -0.3 is 5.32 Å². The molecular weight excluding hydrogens is 528 g/mol. The van der Waals surface area contributed by atoms with Gasteiger partial charge in [-0.05, 0) is 159 Å². The quantitative estimate of drug-likeness (QED) is 0.385. The number of hydrogen-bond acceptors (Lipinski definition) is 3. The predicted molar refractivity (Wildman–Crippen MR) is 163 cm³/mol. The Balaban J connectivity index is 0.948. The SMILES string of the molecule is CS(=O)(=O)N(CC(=O)Nc1ccc(C2C3CC4CC(C3)CC2C4)cc1)c1ccc(C23CC4CC(CC(C4)C2)C3)cc1. The van der Waals surface area contributed by atoms with Crippen LogP contribution in [0.2, 0.25) is 0 Å². The fourth-order valence-electron chi connectivity index (χ4n) is 11.4. The standard InChI is InChI=1S/C35H44N2O3S/c1-41(39,40)37(32-8-4-30(5-9-32)35-18-24-11-25(19-35)13-26(12-24)20-35)21-33(38)36-31-6-2-27(3-7-31)34-28-14-22-10-23(16-28)17-29(34)15-22/h2-9,22-26,28-29,34H,10-21H2,1H3,(H,36,38). The fourth-order valence-corrected chi connectivity index (χ4v) is 12.3. The molecule has 2 aromatic rings. The van der Waals surface area contributed by atoms with Crippen molar-refractivity contribution in [2.24, 2.45) is 41.4 Å². The zero-order valence-electron chi connectivity index (χ0n) is 24.3. The summed E-state index contributed by atoms with van der Waals surface area (Å²) >= 11 is 0. The highest BCUT2D eigenvalue weighted by Gasteiger charge is 2.51. The third-order valence-corrected chi connectivity index (χ3v) is 13.4. The first kappa shape index (κ1) is 26.3. The summed E-state index contributed by atoms with van der Waals surface area (Å²) in [5.74, 6) is 6.49. The lowest BCUT2D eigenvalue weighted by Gasteiger charge is -2.57. The Hall–Kier alpha value is -2.34. The second-order valence-corrected chi connectivity index (χ2v) is 17.0. The molecule has 0 saturated heterocycles. The molecule has 0 atom stereocenters. The molecule has 0 aliphatic heterocycles. The summed E-state index contributed by atoms with van der Waals surface area (Å²) in [4.78, 5) is 13.1. The van der Waals surface area contributed by atoms with Crippen LogP contribution in [0.25, 0.3) is 0 Å². The molecule has 8 bridgehead atoms. The van der Waals surface area contributed by atoms with Gasteiger partial charge in [0.25, 0.3) is 0 Å². The Morgan fingerprint density at radius 3 is 1.78 bits per heavy atom. The minimum atomic E-state index is -3.62. The third kappa shape index (κ3) is 4.73. The van der Waals surface area contributed by atoms with E-state index in [0.717, 1.165) is 47.1 Å². The van der Waals surface area contributed by atoms with Gasteiger partial charge in [-0.1, -0.05) is 24.3 Å². The van der Waals surface area contributed by atoms with Gasteiger partial charge in [-0.15, -0.1) is 0 Å². The average Bonchev–Trinajstić information content (AvgIpc) is 2.91. The summed E-state index contributed by atoms with van der Waals surface area (Å²) in [6.45, 7) is -0.229. The van der Waals surface area contributed by atoms with Crippen molar-refractivity contribution in [3.8, 4) is 0 Å². The van der Waals surface area contributed by atoms with E-state index in [1.807, 2.05) is 24.3 Å². The van der Waals surface area contributed by atoms with Gasteiger partial charge in [-0.3, -0.25) is 9.10 Å². The molecule has 0 radical (unpaired) electrons. The fraction of sp³-hybridized carbons (Fsp3) is 0.629. The van der Waals surface area contributed by atoms with Crippen LogP contribution in [0.5, 0.6) is 0 Å². The maximum Gasteiger partial charge on any atom is 0.245 e. The van der Waals surface area contributed by atoms with Gasteiger partial charge >= 0.3 is 0 Å². The van der Waals surface area contributed by atoms with Crippen LogP contribution in [0, 0.1) is 41.4 Å². The Morgan fingerprint density at radius 2 is 1.27 bits per heavy atom. The molecule has 2 aromatic carbocycles. The van der Waals surface area contributed by atoms with Gasteiger partial charge in [0, 0.05) is 5.69 Å². The molecular formula is C35H44N2O3S.